The molecule has 0 bridgehead atoms. The molecule has 0 aromatic heterocycles. The Bertz CT molecular complexity index is 798. The molecule has 0 amide bonds. The second-order valence-electron chi connectivity index (χ2n) is 6.45. The van der Waals surface area contributed by atoms with E-state index < -0.39 is 48.7 Å². The summed E-state index contributed by atoms with van der Waals surface area (Å²) in [5, 5.41) is 19.5. The van der Waals surface area contributed by atoms with E-state index >= 15 is 0 Å². The van der Waals surface area contributed by atoms with Crippen molar-refractivity contribution < 1.29 is 48.3 Å². The van der Waals surface area contributed by atoms with E-state index in [1.807, 2.05) is 0 Å². The minimum Gasteiger partial charge on any atom is -0.419 e. The Morgan fingerprint density at radius 1 is 0.719 bits per heavy atom. The van der Waals surface area contributed by atoms with Crippen molar-refractivity contribution in [3.05, 3.63) is 59.7 Å². The first-order valence-corrected chi connectivity index (χ1v) is 9.64. The van der Waals surface area contributed by atoms with Crippen molar-refractivity contribution in [2.24, 2.45) is 0 Å². The smallest absolute Gasteiger partial charge is 0.342 e. The predicted octanol–water partition coefficient (Wildman–Crippen LogP) is 1.65. The lowest BCUT2D eigenvalue weighted by Crippen LogP contribution is -2.35. The Morgan fingerprint density at radius 3 is 1.34 bits per heavy atom. The van der Waals surface area contributed by atoms with Gasteiger partial charge in [0.15, 0.2) is 0 Å². The molecule has 0 aliphatic rings. The van der Waals surface area contributed by atoms with E-state index in [9.17, 15) is 29.4 Å². The van der Waals surface area contributed by atoms with Crippen molar-refractivity contribution in [2.45, 2.75) is 52.5 Å². The summed E-state index contributed by atoms with van der Waals surface area (Å²) in [4.78, 5) is 48.5. The average Bonchev–Trinajstić information content (AvgIpc) is 2.72. The molecule has 2 N–H and O–H groups in total. The summed E-state index contributed by atoms with van der Waals surface area (Å²) in [5.41, 5.74) is -0.538. The summed E-state index contributed by atoms with van der Waals surface area (Å²) in [6.45, 7) is 5.63. The van der Waals surface area contributed by atoms with Crippen molar-refractivity contribution in [3.8, 4) is 0 Å². The molecular weight excluding hydrogens is 424 g/mol. The molecule has 0 aliphatic carbocycles. The molecule has 0 radical (unpaired) electrons. The van der Waals surface area contributed by atoms with Gasteiger partial charge in [-0.05, 0) is 39.8 Å². The highest BCUT2D eigenvalue weighted by Crippen LogP contribution is 2.17. The number of allylic oxidation sites excluding steroid dienone is 2. The van der Waals surface area contributed by atoms with Gasteiger partial charge in [-0.3, -0.25) is 0 Å². The van der Waals surface area contributed by atoms with Crippen molar-refractivity contribution in [1.82, 2.24) is 0 Å². The van der Waals surface area contributed by atoms with Crippen LogP contribution in [0.1, 0.15) is 48.4 Å². The SMILES string of the molecule is CC=CC(=O)OC(OC(=O)c1ccccc1C(=O)OC(OC(=O)C=CC)C(C)O)C(C)O. The van der Waals surface area contributed by atoms with E-state index in [2.05, 4.69) is 0 Å². The van der Waals surface area contributed by atoms with Gasteiger partial charge in [-0.2, -0.15) is 0 Å². The van der Waals surface area contributed by atoms with Crippen LogP contribution in [0.2, 0.25) is 0 Å². The fourth-order valence-electron chi connectivity index (χ4n) is 2.20. The van der Waals surface area contributed by atoms with Crippen LogP contribution in [0, 0.1) is 0 Å². The second kappa shape index (κ2) is 13.0. The highest BCUT2D eigenvalue weighted by atomic mass is 16.7. The molecule has 32 heavy (non-hydrogen) atoms. The number of hydrogen-bond donors (Lipinski definition) is 2. The first kappa shape index (κ1) is 26.5. The van der Waals surface area contributed by atoms with Crippen LogP contribution in [-0.4, -0.2) is 58.9 Å². The van der Waals surface area contributed by atoms with Crippen molar-refractivity contribution in [3.63, 3.8) is 0 Å². The van der Waals surface area contributed by atoms with E-state index in [0.29, 0.717) is 0 Å². The molecule has 10 heteroatoms. The molecule has 174 valence electrons. The van der Waals surface area contributed by atoms with Crippen molar-refractivity contribution >= 4 is 23.9 Å². The zero-order valence-corrected chi connectivity index (χ0v) is 18.1. The molecule has 0 fully saturated rings. The van der Waals surface area contributed by atoms with Crippen LogP contribution in [0.5, 0.6) is 0 Å². The Hall–Kier alpha value is -3.50. The van der Waals surface area contributed by atoms with Crippen LogP contribution < -0.4 is 0 Å². The highest BCUT2D eigenvalue weighted by Gasteiger charge is 2.29. The van der Waals surface area contributed by atoms with E-state index in [-0.39, 0.29) is 11.1 Å². The molecule has 1 rings (SSSR count). The van der Waals surface area contributed by atoms with Gasteiger partial charge in [0.2, 0.25) is 0 Å². The number of benzene rings is 1. The van der Waals surface area contributed by atoms with E-state index in [0.717, 1.165) is 12.2 Å². The molecule has 0 saturated carbocycles. The highest BCUT2D eigenvalue weighted by molar-refractivity contribution is 6.03. The molecule has 0 spiro atoms. The third-order valence-electron chi connectivity index (χ3n) is 3.67. The maximum Gasteiger partial charge on any atom is 0.342 e. The number of rotatable bonds is 10. The number of esters is 4. The largest absolute Gasteiger partial charge is 0.419 e. The topological polar surface area (TPSA) is 146 Å². The van der Waals surface area contributed by atoms with Crippen LogP contribution in [0.25, 0.3) is 0 Å². The number of hydrogen-bond acceptors (Lipinski definition) is 10. The maximum atomic E-state index is 12.6. The normalized spacial score (nSPS) is 14.9. The van der Waals surface area contributed by atoms with E-state index in [1.54, 1.807) is 13.8 Å². The molecule has 4 atom stereocenters. The van der Waals surface area contributed by atoms with Crippen LogP contribution >= 0.6 is 0 Å². The molecule has 4 unspecified atom stereocenters. The summed E-state index contributed by atoms with van der Waals surface area (Å²) in [6.07, 6.45) is -1.06. The standard InChI is InChI=1S/C22H26O10/c1-5-9-17(25)29-21(13(3)23)31-19(27)15-11-7-8-12-16(15)20(28)32-22(14(4)24)30-18(26)10-6-2/h5-14,21-24H,1-4H3. The van der Waals surface area contributed by atoms with Crippen LogP contribution in [0.3, 0.4) is 0 Å². The average molecular weight is 450 g/mol. The quantitative estimate of drug-likeness (QED) is 0.306. The zero-order chi connectivity index (χ0) is 24.3. The first-order chi connectivity index (χ1) is 15.1. The predicted molar refractivity (Wildman–Crippen MR) is 110 cm³/mol. The lowest BCUT2D eigenvalue weighted by molar-refractivity contribution is -0.181. The minimum absolute atomic E-state index is 0.269. The van der Waals surface area contributed by atoms with E-state index in [1.165, 1.54) is 50.3 Å². The van der Waals surface area contributed by atoms with Gasteiger partial charge in [0, 0.05) is 12.2 Å². The van der Waals surface area contributed by atoms with Gasteiger partial charge < -0.3 is 29.2 Å². The zero-order valence-electron chi connectivity index (χ0n) is 18.1. The van der Waals surface area contributed by atoms with Gasteiger partial charge >= 0.3 is 23.9 Å². The van der Waals surface area contributed by atoms with E-state index in [4.69, 9.17) is 18.9 Å². The lowest BCUT2D eigenvalue weighted by atomic mass is 10.1. The van der Waals surface area contributed by atoms with Gasteiger partial charge in [0.25, 0.3) is 12.6 Å². The summed E-state index contributed by atoms with van der Waals surface area (Å²) < 4.78 is 19.8. The Morgan fingerprint density at radius 2 is 1.06 bits per heavy atom. The molecule has 1 aromatic carbocycles. The number of aliphatic hydroxyl groups is 2. The number of carbonyl (C=O) groups is 4. The van der Waals surface area contributed by atoms with Crippen molar-refractivity contribution in [2.75, 3.05) is 0 Å². The summed E-state index contributed by atoms with van der Waals surface area (Å²) in [6, 6.07) is 5.37. The van der Waals surface area contributed by atoms with Gasteiger partial charge in [0.1, 0.15) is 12.2 Å². The third kappa shape index (κ3) is 8.32. The molecule has 0 saturated heterocycles. The summed E-state index contributed by atoms with van der Waals surface area (Å²) in [5.74, 6) is -3.87. The molecule has 0 aliphatic heterocycles. The molecular formula is C22H26O10. The van der Waals surface area contributed by atoms with Crippen LogP contribution in [0.4, 0.5) is 0 Å². The fourth-order valence-corrected chi connectivity index (χ4v) is 2.20. The second-order valence-corrected chi connectivity index (χ2v) is 6.45. The summed E-state index contributed by atoms with van der Waals surface area (Å²) >= 11 is 0. The Balaban J connectivity index is 3.06. The van der Waals surface area contributed by atoms with Gasteiger partial charge in [-0.25, -0.2) is 19.2 Å². The first-order valence-electron chi connectivity index (χ1n) is 9.64. The van der Waals surface area contributed by atoms with Crippen LogP contribution in [0.15, 0.2) is 48.6 Å². The third-order valence-corrected chi connectivity index (χ3v) is 3.67. The Kier molecular flexibility index (Phi) is 10.8. The van der Waals surface area contributed by atoms with Gasteiger partial charge in [0.05, 0.1) is 11.1 Å². The number of carbonyl (C=O) groups excluding carboxylic acids is 4. The Labute approximate surface area is 185 Å². The van der Waals surface area contributed by atoms with Gasteiger partial charge in [-0.1, -0.05) is 24.3 Å². The lowest BCUT2D eigenvalue weighted by Gasteiger charge is -2.22. The monoisotopic (exact) mass is 450 g/mol. The minimum atomic E-state index is -1.64. The molecule has 1 aromatic rings. The number of ether oxygens (including phenoxy) is 4. The van der Waals surface area contributed by atoms with Crippen molar-refractivity contribution in [1.29, 1.82) is 0 Å². The molecule has 0 heterocycles. The van der Waals surface area contributed by atoms with Gasteiger partial charge in [-0.15, -0.1) is 0 Å². The van der Waals surface area contributed by atoms with Crippen LogP contribution in [-0.2, 0) is 28.5 Å². The molecule has 10 nitrogen and oxygen atoms in total. The number of aliphatic hydroxyl groups excluding tert-OH is 2. The fraction of sp³-hybridized carbons (Fsp3) is 0.364. The summed E-state index contributed by atoms with van der Waals surface area (Å²) in [7, 11) is 0. The maximum absolute atomic E-state index is 12.6.